The lowest BCUT2D eigenvalue weighted by molar-refractivity contribution is 0.0644. The van der Waals surface area contributed by atoms with Gasteiger partial charge in [-0.3, -0.25) is 14.5 Å². The SMILES string of the molecule is O=C1c2ccccc2C(=O)N1Cc1cnc(-c2cc3c(Br)cccc3n2CCF)s1. The number of imide groups is 1. The fraction of sp³-hybridized carbons (Fsp3) is 0.136. The van der Waals surface area contributed by atoms with Crippen LogP contribution in [0.1, 0.15) is 25.6 Å². The molecule has 2 amide bonds. The molecule has 0 bridgehead atoms. The van der Waals surface area contributed by atoms with E-state index in [9.17, 15) is 14.0 Å². The molecule has 30 heavy (non-hydrogen) atoms. The van der Waals surface area contributed by atoms with Crippen molar-refractivity contribution in [3.63, 3.8) is 0 Å². The van der Waals surface area contributed by atoms with Crippen LogP contribution in [-0.2, 0) is 13.1 Å². The van der Waals surface area contributed by atoms with Crippen LogP contribution in [0.15, 0.2) is 59.2 Å². The predicted octanol–water partition coefficient (Wildman–Crippen LogP) is 5.29. The number of halogens is 2. The van der Waals surface area contributed by atoms with Crippen molar-refractivity contribution < 1.29 is 14.0 Å². The summed E-state index contributed by atoms with van der Waals surface area (Å²) in [5, 5.41) is 1.70. The van der Waals surface area contributed by atoms with Gasteiger partial charge in [0, 0.05) is 26.4 Å². The number of aryl methyl sites for hydroxylation is 1. The third-order valence-electron chi connectivity index (χ3n) is 5.17. The lowest BCUT2D eigenvalue weighted by atomic mass is 10.1. The summed E-state index contributed by atoms with van der Waals surface area (Å²) in [4.78, 5) is 31.8. The van der Waals surface area contributed by atoms with Gasteiger partial charge in [-0.1, -0.05) is 34.1 Å². The maximum atomic E-state index is 13.2. The van der Waals surface area contributed by atoms with Crippen LogP contribution in [0.5, 0.6) is 0 Å². The third kappa shape index (κ3) is 2.98. The Morgan fingerprint density at radius 3 is 2.47 bits per heavy atom. The summed E-state index contributed by atoms with van der Waals surface area (Å²) in [6, 6.07) is 14.6. The molecule has 5 rings (SSSR count). The molecule has 0 saturated carbocycles. The number of benzene rings is 2. The van der Waals surface area contributed by atoms with Gasteiger partial charge in [-0.25, -0.2) is 9.37 Å². The van der Waals surface area contributed by atoms with Gasteiger partial charge in [-0.15, -0.1) is 11.3 Å². The van der Waals surface area contributed by atoms with Gasteiger partial charge in [0.05, 0.1) is 29.9 Å². The first kappa shape index (κ1) is 19.1. The Hall–Kier alpha value is -2.84. The maximum absolute atomic E-state index is 13.2. The smallest absolute Gasteiger partial charge is 0.261 e. The average Bonchev–Trinajstić information content (AvgIpc) is 3.42. The van der Waals surface area contributed by atoms with Gasteiger partial charge in [-0.05, 0) is 30.3 Å². The standard InChI is InChI=1S/C22H15BrFN3O2S/c23-17-6-3-7-18-16(17)10-19(26(18)9-8-24)20-25-11-13(30-20)12-27-21(28)14-4-1-2-5-15(14)22(27)29/h1-7,10-11H,8-9,12H2. The molecule has 150 valence electrons. The summed E-state index contributed by atoms with van der Waals surface area (Å²) in [7, 11) is 0. The van der Waals surface area contributed by atoms with E-state index in [1.807, 2.05) is 28.8 Å². The fourth-order valence-electron chi connectivity index (χ4n) is 3.79. The molecule has 3 heterocycles. The summed E-state index contributed by atoms with van der Waals surface area (Å²) in [5.41, 5.74) is 2.60. The number of hydrogen-bond donors (Lipinski definition) is 0. The largest absolute Gasteiger partial charge is 0.336 e. The van der Waals surface area contributed by atoms with Gasteiger partial charge in [0.15, 0.2) is 0 Å². The first-order valence-electron chi connectivity index (χ1n) is 9.32. The zero-order chi connectivity index (χ0) is 20.8. The summed E-state index contributed by atoms with van der Waals surface area (Å²) in [6.07, 6.45) is 1.68. The molecular weight excluding hydrogens is 469 g/mol. The molecule has 0 saturated heterocycles. The van der Waals surface area contributed by atoms with Crippen LogP contribution in [0.2, 0.25) is 0 Å². The second-order valence-corrected chi connectivity index (χ2v) is 8.89. The Labute approximate surface area is 183 Å². The number of aromatic nitrogens is 2. The molecule has 0 radical (unpaired) electrons. The average molecular weight is 484 g/mol. The Bertz CT molecular complexity index is 1280. The maximum Gasteiger partial charge on any atom is 0.261 e. The minimum Gasteiger partial charge on any atom is -0.336 e. The highest BCUT2D eigenvalue weighted by Crippen LogP contribution is 2.35. The van der Waals surface area contributed by atoms with E-state index in [4.69, 9.17) is 0 Å². The first-order valence-corrected chi connectivity index (χ1v) is 10.9. The van der Waals surface area contributed by atoms with Gasteiger partial charge in [0.1, 0.15) is 11.7 Å². The van der Waals surface area contributed by atoms with Crippen molar-refractivity contribution in [2.75, 3.05) is 6.67 Å². The molecule has 2 aromatic heterocycles. The molecule has 0 fully saturated rings. The number of alkyl halides is 1. The molecule has 0 spiro atoms. The van der Waals surface area contributed by atoms with Crippen LogP contribution in [-0.4, -0.2) is 32.9 Å². The van der Waals surface area contributed by atoms with E-state index in [0.717, 1.165) is 31.0 Å². The Morgan fingerprint density at radius 1 is 1.03 bits per heavy atom. The molecule has 2 aromatic carbocycles. The molecule has 8 heteroatoms. The summed E-state index contributed by atoms with van der Waals surface area (Å²) < 4.78 is 16.1. The number of hydrogen-bond acceptors (Lipinski definition) is 4. The van der Waals surface area contributed by atoms with E-state index < -0.39 is 6.67 Å². The van der Waals surface area contributed by atoms with Crippen LogP contribution in [0.4, 0.5) is 4.39 Å². The highest BCUT2D eigenvalue weighted by molar-refractivity contribution is 9.10. The van der Waals surface area contributed by atoms with Gasteiger partial charge >= 0.3 is 0 Å². The Kier molecular flexibility index (Phi) is 4.75. The van der Waals surface area contributed by atoms with Crippen molar-refractivity contribution in [1.29, 1.82) is 0 Å². The number of amides is 2. The molecule has 4 aromatic rings. The molecule has 0 unspecified atom stereocenters. The number of fused-ring (bicyclic) bond motifs is 2. The summed E-state index contributed by atoms with van der Waals surface area (Å²) >= 11 is 4.95. The number of nitrogens with zero attached hydrogens (tertiary/aromatic N) is 3. The summed E-state index contributed by atoms with van der Waals surface area (Å²) in [5.74, 6) is -0.581. The van der Waals surface area contributed by atoms with E-state index in [2.05, 4.69) is 20.9 Å². The molecule has 1 aliphatic heterocycles. The molecule has 5 nitrogen and oxygen atoms in total. The molecule has 0 aliphatic carbocycles. The van der Waals surface area contributed by atoms with Gasteiger partial charge in [-0.2, -0.15) is 0 Å². The van der Waals surface area contributed by atoms with E-state index in [1.54, 1.807) is 30.5 Å². The van der Waals surface area contributed by atoms with Gasteiger partial charge < -0.3 is 4.57 Å². The van der Waals surface area contributed by atoms with Crippen LogP contribution < -0.4 is 0 Å². The van der Waals surface area contributed by atoms with Crippen LogP contribution >= 0.6 is 27.3 Å². The lowest BCUT2D eigenvalue weighted by Gasteiger charge is -2.11. The number of rotatable bonds is 5. The van der Waals surface area contributed by atoms with Crippen molar-refractivity contribution in [3.8, 4) is 10.7 Å². The minimum absolute atomic E-state index is 0.164. The van der Waals surface area contributed by atoms with E-state index >= 15 is 0 Å². The van der Waals surface area contributed by atoms with Crippen molar-refractivity contribution in [2.24, 2.45) is 0 Å². The zero-order valence-corrected chi connectivity index (χ0v) is 18.0. The predicted molar refractivity (Wildman–Crippen MR) is 117 cm³/mol. The highest BCUT2D eigenvalue weighted by atomic mass is 79.9. The zero-order valence-electron chi connectivity index (χ0n) is 15.6. The topological polar surface area (TPSA) is 55.2 Å². The van der Waals surface area contributed by atoms with Crippen LogP contribution in [0.25, 0.3) is 21.6 Å². The fourth-order valence-corrected chi connectivity index (χ4v) is 5.19. The highest BCUT2D eigenvalue weighted by Gasteiger charge is 2.35. The van der Waals surface area contributed by atoms with E-state index in [1.165, 1.54) is 16.2 Å². The number of carbonyl (C=O) groups is 2. The van der Waals surface area contributed by atoms with Crippen LogP contribution in [0, 0.1) is 0 Å². The minimum atomic E-state index is -0.490. The van der Waals surface area contributed by atoms with Crippen LogP contribution in [0.3, 0.4) is 0 Å². The van der Waals surface area contributed by atoms with Crippen molar-refractivity contribution >= 4 is 50.0 Å². The number of thiazole rings is 1. The van der Waals surface area contributed by atoms with E-state index in [0.29, 0.717) is 11.1 Å². The molecule has 0 atom stereocenters. The van der Waals surface area contributed by atoms with E-state index in [-0.39, 0.29) is 24.9 Å². The first-order chi connectivity index (χ1) is 14.6. The third-order valence-corrected chi connectivity index (χ3v) is 6.86. The van der Waals surface area contributed by atoms with Crippen molar-refractivity contribution in [3.05, 3.63) is 75.2 Å². The molecule has 1 aliphatic rings. The molecular formula is C22H15BrFN3O2S. The monoisotopic (exact) mass is 483 g/mol. The molecule has 0 N–H and O–H groups in total. The summed E-state index contributed by atoms with van der Waals surface area (Å²) in [6.45, 7) is -0.101. The Balaban J connectivity index is 1.49. The van der Waals surface area contributed by atoms with Crippen molar-refractivity contribution in [2.45, 2.75) is 13.1 Å². The lowest BCUT2D eigenvalue weighted by Crippen LogP contribution is -2.28. The van der Waals surface area contributed by atoms with Gasteiger partial charge in [0.2, 0.25) is 0 Å². The second-order valence-electron chi connectivity index (χ2n) is 6.92. The Morgan fingerprint density at radius 2 is 1.77 bits per heavy atom. The quantitative estimate of drug-likeness (QED) is 0.362. The second kappa shape index (κ2) is 7.45. The number of carbonyl (C=O) groups excluding carboxylic acids is 2. The normalized spacial score (nSPS) is 13.5. The van der Waals surface area contributed by atoms with Crippen molar-refractivity contribution in [1.82, 2.24) is 14.5 Å². The van der Waals surface area contributed by atoms with Gasteiger partial charge in [0.25, 0.3) is 11.8 Å².